The van der Waals surface area contributed by atoms with Crippen LogP contribution in [0.4, 0.5) is 9.59 Å². The van der Waals surface area contributed by atoms with Crippen LogP contribution < -0.4 is 5.32 Å². The molecule has 20 heavy (non-hydrogen) atoms. The van der Waals surface area contributed by atoms with Gasteiger partial charge in [0.05, 0.1) is 0 Å². The third kappa shape index (κ3) is 5.27. The standard InChI is InChI=1S/C14H27N3O3/c1-6-16(5)12(18)15-11-7-9-17(10-8-11)13(19)20-14(2,3)4/h11H,6-10H2,1-5H3,(H,15,18). The highest BCUT2D eigenvalue weighted by Crippen LogP contribution is 2.15. The van der Waals surface area contributed by atoms with Gasteiger partial charge in [-0.3, -0.25) is 0 Å². The van der Waals surface area contributed by atoms with E-state index < -0.39 is 5.60 Å². The topological polar surface area (TPSA) is 61.9 Å². The maximum atomic E-state index is 11.9. The van der Waals surface area contributed by atoms with Crippen LogP contribution in [0.2, 0.25) is 0 Å². The highest BCUT2D eigenvalue weighted by molar-refractivity contribution is 5.74. The minimum atomic E-state index is -0.466. The van der Waals surface area contributed by atoms with Gasteiger partial charge in [0.15, 0.2) is 0 Å². The number of urea groups is 1. The third-order valence-electron chi connectivity index (χ3n) is 3.30. The van der Waals surface area contributed by atoms with Gasteiger partial charge in [-0.1, -0.05) is 0 Å². The Morgan fingerprint density at radius 1 is 1.30 bits per heavy atom. The molecule has 0 aromatic rings. The Kier molecular flexibility index (Phi) is 5.65. The molecule has 0 spiro atoms. The summed E-state index contributed by atoms with van der Waals surface area (Å²) >= 11 is 0. The fourth-order valence-corrected chi connectivity index (χ4v) is 1.96. The Labute approximate surface area is 121 Å². The molecule has 0 aliphatic carbocycles. The fraction of sp³-hybridized carbons (Fsp3) is 0.857. The lowest BCUT2D eigenvalue weighted by atomic mass is 10.1. The largest absolute Gasteiger partial charge is 0.444 e. The van der Waals surface area contributed by atoms with Crippen LogP contribution >= 0.6 is 0 Å². The molecule has 0 aromatic heterocycles. The summed E-state index contributed by atoms with van der Waals surface area (Å²) in [5.74, 6) is 0. The SMILES string of the molecule is CCN(C)C(=O)NC1CCN(C(=O)OC(C)(C)C)CC1. The van der Waals surface area contributed by atoms with E-state index in [1.54, 1.807) is 16.8 Å². The first kappa shape index (κ1) is 16.6. The molecule has 1 N–H and O–H groups in total. The lowest BCUT2D eigenvalue weighted by Gasteiger charge is -2.34. The number of amides is 3. The summed E-state index contributed by atoms with van der Waals surface area (Å²) in [6.07, 6.45) is 1.26. The van der Waals surface area contributed by atoms with Gasteiger partial charge >= 0.3 is 12.1 Å². The van der Waals surface area contributed by atoms with Gasteiger partial charge < -0.3 is 19.9 Å². The Morgan fingerprint density at radius 2 is 1.85 bits per heavy atom. The van der Waals surface area contributed by atoms with Crippen LogP contribution in [-0.2, 0) is 4.74 Å². The number of carbonyl (C=O) groups excluding carboxylic acids is 2. The molecule has 6 nitrogen and oxygen atoms in total. The molecule has 0 unspecified atom stereocenters. The summed E-state index contributed by atoms with van der Waals surface area (Å²) in [7, 11) is 1.77. The molecule has 1 aliphatic heterocycles. The lowest BCUT2D eigenvalue weighted by Crippen LogP contribution is -2.50. The third-order valence-corrected chi connectivity index (χ3v) is 3.30. The molecule has 3 amide bonds. The maximum absolute atomic E-state index is 11.9. The molecule has 1 fully saturated rings. The minimum Gasteiger partial charge on any atom is -0.444 e. The van der Waals surface area contributed by atoms with Crippen LogP contribution in [0.25, 0.3) is 0 Å². The van der Waals surface area contributed by atoms with E-state index in [1.807, 2.05) is 27.7 Å². The molecule has 0 saturated carbocycles. The number of rotatable bonds is 2. The van der Waals surface area contributed by atoms with Crippen molar-refractivity contribution in [3.63, 3.8) is 0 Å². The number of hydrogen-bond donors (Lipinski definition) is 1. The zero-order valence-electron chi connectivity index (χ0n) is 13.2. The monoisotopic (exact) mass is 285 g/mol. The number of hydrogen-bond acceptors (Lipinski definition) is 3. The van der Waals surface area contributed by atoms with Crippen LogP contribution in [0.5, 0.6) is 0 Å². The Hall–Kier alpha value is -1.46. The molecule has 6 heteroatoms. The van der Waals surface area contributed by atoms with Gasteiger partial charge in [0.1, 0.15) is 5.60 Å². The summed E-state index contributed by atoms with van der Waals surface area (Å²) in [6.45, 7) is 9.44. The van der Waals surface area contributed by atoms with Crippen molar-refractivity contribution in [2.24, 2.45) is 0 Å². The summed E-state index contributed by atoms with van der Waals surface area (Å²) in [5, 5.41) is 2.99. The van der Waals surface area contributed by atoms with Gasteiger partial charge in [0, 0.05) is 32.7 Å². The van der Waals surface area contributed by atoms with Crippen molar-refractivity contribution < 1.29 is 14.3 Å². The molecular weight excluding hydrogens is 258 g/mol. The Bertz CT molecular complexity index is 344. The van der Waals surface area contributed by atoms with Crippen molar-refractivity contribution in [2.45, 2.75) is 52.2 Å². The van der Waals surface area contributed by atoms with E-state index in [0.717, 1.165) is 12.8 Å². The molecule has 1 saturated heterocycles. The van der Waals surface area contributed by atoms with Crippen LogP contribution in [0.15, 0.2) is 0 Å². The number of carbonyl (C=O) groups is 2. The number of ether oxygens (including phenoxy) is 1. The average Bonchev–Trinajstić information content (AvgIpc) is 2.36. The molecule has 1 aliphatic rings. The van der Waals surface area contributed by atoms with Crippen molar-refractivity contribution in [2.75, 3.05) is 26.7 Å². The minimum absolute atomic E-state index is 0.0526. The number of nitrogens with zero attached hydrogens (tertiary/aromatic N) is 2. The van der Waals surface area contributed by atoms with Gasteiger partial charge in [-0.25, -0.2) is 9.59 Å². The van der Waals surface area contributed by atoms with Crippen molar-refractivity contribution in [1.82, 2.24) is 15.1 Å². The van der Waals surface area contributed by atoms with E-state index in [0.29, 0.717) is 19.6 Å². The zero-order valence-corrected chi connectivity index (χ0v) is 13.2. The molecule has 0 bridgehead atoms. The zero-order chi connectivity index (χ0) is 15.3. The van der Waals surface area contributed by atoms with Gasteiger partial charge in [0.25, 0.3) is 0 Å². The van der Waals surface area contributed by atoms with Crippen LogP contribution in [0, 0.1) is 0 Å². The summed E-state index contributed by atoms with van der Waals surface area (Å²) in [6, 6.07) is 0.0819. The van der Waals surface area contributed by atoms with Crippen LogP contribution in [0.3, 0.4) is 0 Å². The summed E-state index contributed by atoms with van der Waals surface area (Å²) < 4.78 is 5.34. The molecule has 0 aromatic carbocycles. The first-order chi connectivity index (χ1) is 9.23. The number of likely N-dealkylation sites (tertiary alicyclic amines) is 1. The van der Waals surface area contributed by atoms with Crippen LogP contribution in [0.1, 0.15) is 40.5 Å². The summed E-state index contributed by atoms with van der Waals surface area (Å²) in [5.41, 5.74) is -0.466. The van der Waals surface area contributed by atoms with Gasteiger partial charge in [-0.05, 0) is 40.5 Å². The predicted molar refractivity (Wildman–Crippen MR) is 77.7 cm³/mol. The second kappa shape index (κ2) is 6.81. The van der Waals surface area contributed by atoms with Gasteiger partial charge in [-0.15, -0.1) is 0 Å². The number of nitrogens with one attached hydrogen (secondary N) is 1. The average molecular weight is 285 g/mol. The molecule has 0 atom stereocenters. The molecule has 116 valence electrons. The lowest BCUT2D eigenvalue weighted by molar-refractivity contribution is 0.0200. The smallest absolute Gasteiger partial charge is 0.410 e. The highest BCUT2D eigenvalue weighted by Gasteiger charge is 2.27. The van der Waals surface area contributed by atoms with Crippen molar-refractivity contribution in [3.05, 3.63) is 0 Å². The second-order valence-corrected chi connectivity index (χ2v) is 6.21. The van der Waals surface area contributed by atoms with Crippen LogP contribution in [-0.4, -0.2) is 60.2 Å². The highest BCUT2D eigenvalue weighted by atomic mass is 16.6. The van der Waals surface area contributed by atoms with Crippen molar-refractivity contribution in [3.8, 4) is 0 Å². The Balaban J connectivity index is 2.37. The van der Waals surface area contributed by atoms with Crippen molar-refractivity contribution >= 4 is 12.1 Å². The molecular formula is C14H27N3O3. The number of piperidine rings is 1. The van der Waals surface area contributed by atoms with E-state index in [-0.39, 0.29) is 18.2 Å². The fourth-order valence-electron chi connectivity index (χ4n) is 1.96. The molecule has 0 radical (unpaired) electrons. The van der Waals surface area contributed by atoms with E-state index in [9.17, 15) is 9.59 Å². The Morgan fingerprint density at radius 3 is 2.30 bits per heavy atom. The van der Waals surface area contributed by atoms with E-state index in [4.69, 9.17) is 4.74 Å². The second-order valence-electron chi connectivity index (χ2n) is 6.21. The van der Waals surface area contributed by atoms with Crippen molar-refractivity contribution in [1.29, 1.82) is 0 Å². The first-order valence-corrected chi connectivity index (χ1v) is 7.22. The summed E-state index contributed by atoms with van der Waals surface area (Å²) in [4.78, 5) is 27.0. The maximum Gasteiger partial charge on any atom is 0.410 e. The van der Waals surface area contributed by atoms with E-state index in [2.05, 4.69) is 5.32 Å². The van der Waals surface area contributed by atoms with E-state index >= 15 is 0 Å². The van der Waals surface area contributed by atoms with E-state index in [1.165, 1.54) is 0 Å². The quantitative estimate of drug-likeness (QED) is 0.844. The normalized spacial score (nSPS) is 16.8. The predicted octanol–water partition coefficient (Wildman–Crippen LogP) is 2.05. The molecule has 1 heterocycles. The first-order valence-electron chi connectivity index (χ1n) is 7.22. The van der Waals surface area contributed by atoms with Gasteiger partial charge in [-0.2, -0.15) is 0 Å². The van der Waals surface area contributed by atoms with Gasteiger partial charge in [0.2, 0.25) is 0 Å². The molecule has 1 rings (SSSR count).